The normalized spacial score (nSPS) is 16.4. The number of guanidine groups is 1. The van der Waals surface area contributed by atoms with Crippen LogP contribution in [0.2, 0.25) is 0 Å². The van der Waals surface area contributed by atoms with Crippen LogP contribution in [0.3, 0.4) is 0 Å². The zero-order chi connectivity index (χ0) is 17.2. The van der Waals surface area contributed by atoms with Gasteiger partial charge in [-0.2, -0.15) is 0 Å². The summed E-state index contributed by atoms with van der Waals surface area (Å²) in [5, 5.41) is 16.3. The summed E-state index contributed by atoms with van der Waals surface area (Å²) >= 11 is 0. The van der Waals surface area contributed by atoms with Crippen molar-refractivity contribution in [1.29, 1.82) is 0 Å². The van der Waals surface area contributed by atoms with Crippen molar-refractivity contribution in [2.75, 3.05) is 32.7 Å². The molecule has 2 rings (SSSR count). The lowest BCUT2D eigenvalue weighted by molar-refractivity contribution is 0.0823. The van der Waals surface area contributed by atoms with Gasteiger partial charge in [0, 0.05) is 26.2 Å². The summed E-state index contributed by atoms with van der Waals surface area (Å²) in [5.41, 5.74) is 2.55. The highest BCUT2D eigenvalue weighted by atomic mass is 127. The molecule has 5 nitrogen and oxygen atoms in total. The molecule has 0 aliphatic carbocycles. The molecular weight excluding hydrogens is 427 g/mol. The van der Waals surface area contributed by atoms with Crippen LogP contribution in [0.25, 0.3) is 0 Å². The standard InChI is InChI=1S/C19H32N4O.HI/c1-3-20-19(22-15-17-8-5-4-7-16(17)2)21-11-6-12-23-13-9-18(24)10-14-23;/h4-5,7-8,18,24H,3,6,9-15H2,1-2H3,(H2,20,21,22);1H. The molecule has 0 atom stereocenters. The SMILES string of the molecule is CCNC(=NCc1ccccc1C)NCCCN1CCC(O)CC1.I. The van der Waals surface area contributed by atoms with Crippen LogP contribution < -0.4 is 10.6 Å². The van der Waals surface area contributed by atoms with Crippen LogP contribution in [-0.2, 0) is 6.54 Å². The number of aliphatic hydroxyl groups is 1. The molecule has 0 bridgehead atoms. The van der Waals surface area contributed by atoms with Crippen LogP contribution in [0, 0.1) is 6.92 Å². The fourth-order valence-corrected chi connectivity index (χ4v) is 2.95. The predicted molar refractivity (Wildman–Crippen MR) is 116 cm³/mol. The second-order valence-electron chi connectivity index (χ2n) is 6.47. The Bertz CT molecular complexity index is 516. The van der Waals surface area contributed by atoms with Gasteiger partial charge in [0.15, 0.2) is 5.96 Å². The number of halogens is 1. The highest BCUT2D eigenvalue weighted by molar-refractivity contribution is 14.0. The second kappa shape index (κ2) is 12.5. The summed E-state index contributed by atoms with van der Waals surface area (Å²) in [6.07, 6.45) is 2.82. The average molecular weight is 460 g/mol. The van der Waals surface area contributed by atoms with E-state index >= 15 is 0 Å². The lowest BCUT2D eigenvalue weighted by Crippen LogP contribution is -2.40. The highest BCUT2D eigenvalue weighted by Gasteiger charge is 2.15. The number of aryl methyl sites for hydroxylation is 1. The minimum Gasteiger partial charge on any atom is -0.393 e. The first-order valence-electron chi connectivity index (χ1n) is 9.16. The average Bonchev–Trinajstić information content (AvgIpc) is 2.59. The molecule has 3 N–H and O–H groups in total. The maximum atomic E-state index is 9.54. The molecule has 25 heavy (non-hydrogen) atoms. The molecule has 1 fully saturated rings. The monoisotopic (exact) mass is 460 g/mol. The van der Waals surface area contributed by atoms with E-state index in [1.54, 1.807) is 0 Å². The Morgan fingerprint density at radius 1 is 1.24 bits per heavy atom. The molecule has 0 unspecified atom stereocenters. The Morgan fingerprint density at radius 3 is 2.64 bits per heavy atom. The molecule has 1 aliphatic rings. The van der Waals surface area contributed by atoms with E-state index in [1.807, 2.05) is 0 Å². The predicted octanol–water partition coefficient (Wildman–Crippen LogP) is 2.51. The van der Waals surface area contributed by atoms with Crippen molar-refractivity contribution in [3.63, 3.8) is 0 Å². The summed E-state index contributed by atoms with van der Waals surface area (Å²) < 4.78 is 0. The fraction of sp³-hybridized carbons (Fsp3) is 0.632. The van der Waals surface area contributed by atoms with E-state index in [0.717, 1.165) is 57.9 Å². The molecule has 0 saturated carbocycles. The largest absolute Gasteiger partial charge is 0.393 e. The first kappa shape index (κ1) is 22.2. The van der Waals surface area contributed by atoms with Crippen LogP contribution in [0.15, 0.2) is 29.3 Å². The topological polar surface area (TPSA) is 59.9 Å². The summed E-state index contributed by atoms with van der Waals surface area (Å²) in [7, 11) is 0. The van der Waals surface area contributed by atoms with Crippen molar-refractivity contribution < 1.29 is 5.11 Å². The van der Waals surface area contributed by atoms with Gasteiger partial charge in [-0.3, -0.25) is 0 Å². The number of likely N-dealkylation sites (tertiary alicyclic amines) is 1. The minimum atomic E-state index is -0.0895. The Labute approximate surface area is 169 Å². The number of benzene rings is 1. The van der Waals surface area contributed by atoms with E-state index in [0.29, 0.717) is 6.54 Å². The summed E-state index contributed by atoms with van der Waals surface area (Å²) in [4.78, 5) is 7.12. The van der Waals surface area contributed by atoms with Crippen molar-refractivity contribution in [2.45, 2.75) is 45.8 Å². The summed E-state index contributed by atoms with van der Waals surface area (Å²) in [6, 6.07) is 8.38. The quantitative estimate of drug-likeness (QED) is 0.253. The fourth-order valence-electron chi connectivity index (χ4n) is 2.95. The van der Waals surface area contributed by atoms with E-state index in [9.17, 15) is 5.11 Å². The maximum Gasteiger partial charge on any atom is 0.191 e. The maximum absolute atomic E-state index is 9.54. The van der Waals surface area contributed by atoms with Gasteiger partial charge in [0.05, 0.1) is 12.6 Å². The molecule has 1 heterocycles. The molecular formula is C19H33IN4O. The van der Waals surface area contributed by atoms with Gasteiger partial charge < -0.3 is 20.6 Å². The van der Waals surface area contributed by atoms with Crippen LogP contribution in [0.1, 0.15) is 37.3 Å². The molecule has 0 aromatic heterocycles. The molecule has 0 radical (unpaired) electrons. The van der Waals surface area contributed by atoms with E-state index in [-0.39, 0.29) is 30.1 Å². The summed E-state index contributed by atoms with van der Waals surface area (Å²) in [6.45, 7) is 9.81. The van der Waals surface area contributed by atoms with E-state index < -0.39 is 0 Å². The van der Waals surface area contributed by atoms with Gasteiger partial charge in [-0.15, -0.1) is 24.0 Å². The molecule has 0 spiro atoms. The van der Waals surface area contributed by atoms with Crippen molar-refractivity contribution in [3.05, 3.63) is 35.4 Å². The Balaban J connectivity index is 0.00000312. The molecule has 1 aliphatic heterocycles. The number of rotatable bonds is 7. The Kier molecular flexibility index (Phi) is 11.1. The zero-order valence-electron chi connectivity index (χ0n) is 15.5. The van der Waals surface area contributed by atoms with E-state index in [4.69, 9.17) is 0 Å². The van der Waals surface area contributed by atoms with Crippen molar-refractivity contribution in [2.24, 2.45) is 4.99 Å². The number of nitrogens with one attached hydrogen (secondary N) is 2. The van der Waals surface area contributed by atoms with Crippen LogP contribution in [0.4, 0.5) is 0 Å². The molecule has 1 saturated heterocycles. The van der Waals surface area contributed by atoms with Crippen molar-refractivity contribution in [1.82, 2.24) is 15.5 Å². The first-order chi connectivity index (χ1) is 11.7. The number of hydrogen-bond acceptors (Lipinski definition) is 3. The third kappa shape index (κ3) is 8.37. The summed E-state index contributed by atoms with van der Waals surface area (Å²) in [5.74, 6) is 0.884. The molecule has 1 aromatic rings. The third-order valence-corrected chi connectivity index (χ3v) is 4.51. The van der Waals surface area contributed by atoms with Gasteiger partial charge in [-0.1, -0.05) is 24.3 Å². The third-order valence-electron chi connectivity index (χ3n) is 4.51. The van der Waals surface area contributed by atoms with Gasteiger partial charge in [0.25, 0.3) is 0 Å². The molecule has 142 valence electrons. The van der Waals surface area contributed by atoms with Crippen LogP contribution in [-0.4, -0.2) is 54.8 Å². The van der Waals surface area contributed by atoms with E-state index in [2.05, 4.69) is 58.6 Å². The molecule has 0 amide bonds. The van der Waals surface area contributed by atoms with Gasteiger partial charge in [0.1, 0.15) is 0 Å². The van der Waals surface area contributed by atoms with Gasteiger partial charge >= 0.3 is 0 Å². The lowest BCUT2D eigenvalue weighted by atomic mass is 10.1. The second-order valence-corrected chi connectivity index (χ2v) is 6.47. The van der Waals surface area contributed by atoms with Crippen molar-refractivity contribution in [3.8, 4) is 0 Å². The van der Waals surface area contributed by atoms with E-state index in [1.165, 1.54) is 11.1 Å². The van der Waals surface area contributed by atoms with Gasteiger partial charge in [-0.05, 0) is 50.8 Å². The Hall–Kier alpha value is -0.860. The number of hydrogen-bond donors (Lipinski definition) is 3. The number of aliphatic imine (C=N–C) groups is 1. The zero-order valence-corrected chi connectivity index (χ0v) is 17.8. The number of piperidine rings is 1. The molecule has 1 aromatic carbocycles. The first-order valence-corrected chi connectivity index (χ1v) is 9.16. The Morgan fingerprint density at radius 2 is 1.96 bits per heavy atom. The lowest BCUT2D eigenvalue weighted by Gasteiger charge is -2.29. The highest BCUT2D eigenvalue weighted by Crippen LogP contribution is 2.10. The van der Waals surface area contributed by atoms with Gasteiger partial charge in [-0.25, -0.2) is 4.99 Å². The van der Waals surface area contributed by atoms with Crippen LogP contribution >= 0.6 is 24.0 Å². The molecule has 6 heteroatoms. The van der Waals surface area contributed by atoms with Crippen molar-refractivity contribution >= 4 is 29.9 Å². The van der Waals surface area contributed by atoms with Gasteiger partial charge in [0.2, 0.25) is 0 Å². The number of aliphatic hydroxyl groups excluding tert-OH is 1. The van der Waals surface area contributed by atoms with Crippen LogP contribution in [0.5, 0.6) is 0 Å². The number of nitrogens with zero attached hydrogens (tertiary/aromatic N) is 2. The smallest absolute Gasteiger partial charge is 0.191 e. The minimum absolute atomic E-state index is 0.